The minimum absolute atomic E-state index is 0.617. The van der Waals surface area contributed by atoms with Crippen LogP contribution in [0.4, 0.5) is 0 Å². The van der Waals surface area contributed by atoms with Gasteiger partial charge in [-0.15, -0.1) is 0 Å². The summed E-state index contributed by atoms with van der Waals surface area (Å²) in [5.41, 5.74) is 8.39. The van der Waals surface area contributed by atoms with E-state index in [-0.39, 0.29) is 0 Å². The van der Waals surface area contributed by atoms with Gasteiger partial charge in [-0.25, -0.2) is 0 Å². The van der Waals surface area contributed by atoms with Crippen LogP contribution < -0.4 is 11.1 Å². The molecule has 1 rings (SSSR count). The first-order valence-electron chi connectivity index (χ1n) is 7.10. The summed E-state index contributed by atoms with van der Waals surface area (Å²) in [4.78, 5) is 0. The highest BCUT2D eigenvalue weighted by Gasteiger charge is 2.00. The molecule has 0 bridgehead atoms. The van der Waals surface area contributed by atoms with Crippen molar-refractivity contribution in [3.8, 4) is 0 Å². The highest BCUT2D eigenvalue weighted by Crippen LogP contribution is 2.09. The molecule has 2 heteroatoms. The second-order valence-electron chi connectivity index (χ2n) is 5.72. The molecule has 0 saturated heterocycles. The molecule has 1 aromatic carbocycles. The summed E-state index contributed by atoms with van der Waals surface area (Å²) < 4.78 is 0. The van der Waals surface area contributed by atoms with E-state index in [1.807, 2.05) is 0 Å². The third-order valence-corrected chi connectivity index (χ3v) is 3.21. The van der Waals surface area contributed by atoms with Gasteiger partial charge in [0.15, 0.2) is 0 Å². The zero-order chi connectivity index (χ0) is 13.4. The predicted molar refractivity (Wildman–Crippen MR) is 79.5 cm³/mol. The van der Waals surface area contributed by atoms with Crippen molar-refractivity contribution in [2.24, 2.45) is 17.6 Å². The Hall–Kier alpha value is -0.860. The highest BCUT2D eigenvalue weighted by molar-refractivity contribution is 5.22. The van der Waals surface area contributed by atoms with Crippen LogP contribution in [0.1, 0.15) is 38.3 Å². The van der Waals surface area contributed by atoms with Gasteiger partial charge in [-0.2, -0.15) is 0 Å². The largest absolute Gasteiger partial charge is 0.330 e. The Labute approximate surface area is 112 Å². The molecule has 3 N–H and O–H groups in total. The van der Waals surface area contributed by atoms with E-state index in [2.05, 4.69) is 50.4 Å². The van der Waals surface area contributed by atoms with Crippen molar-refractivity contribution >= 4 is 0 Å². The first kappa shape index (κ1) is 15.2. The lowest BCUT2D eigenvalue weighted by molar-refractivity contribution is 0.509. The van der Waals surface area contributed by atoms with Crippen LogP contribution in [0.3, 0.4) is 0 Å². The minimum Gasteiger partial charge on any atom is -0.330 e. The Morgan fingerprint density at radius 1 is 1.06 bits per heavy atom. The van der Waals surface area contributed by atoms with Gasteiger partial charge in [0.2, 0.25) is 0 Å². The van der Waals surface area contributed by atoms with E-state index in [9.17, 15) is 0 Å². The Kier molecular flexibility index (Phi) is 6.99. The standard InChI is InChI=1S/C16H28N2/c1-13(2)10-15-4-6-16(7-5-15)12-18-9-8-14(3)11-17/h4-7,13-14,18H,8-12,17H2,1-3H3. The van der Waals surface area contributed by atoms with Crippen LogP contribution in [0.2, 0.25) is 0 Å². The van der Waals surface area contributed by atoms with Crippen molar-refractivity contribution in [2.75, 3.05) is 13.1 Å². The SMILES string of the molecule is CC(C)Cc1ccc(CNCCC(C)CN)cc1. The summed E-state index contributed by atoms with van der Waals surface area (Å²) in [6, 6.07) is 8.97. The van der Waals surface area contributed by atoms with Gasteiger partial charge in [0, 0.05) is 6.54 Å². The van der Waals surface area contributed by atoms with Crippen molar-refractivity contribution in [3.05, 3.63) is 35.4 Å². The molecule has 0 radical (unpaired) electrons. The van der Waals surface area contributed by atoms with Crippen LogP contribution >= 0.6 is 0 Å². The van der Waals surface area contributed by atoms with Crippen molar-refractivity contribution < 1.29 is 0 Å². The van der Waals surface area contributed by atoms with E-state index in [0.29, 0.717) is 5.92 Å². The maximum atomic E-state index is 5.59. The van der Waals surface area contributed by atoms with Crippen molar-refractivity contribution in [1.82, 2.24) is 5.32 Å². The van der Waals surface area contributed by atoms with Gasteiger partial charge in [0.25, 0.3) is 0 Å². The predicted octanol–water partition coefficient (Wildman–Crippen LogP) is 2.96. The summed E-state index contributed by atoms with van der Waals surface area (Å²) in [6.45, 7) is 9.50. The van der Waals surface area contributed by atoms with Crippen molar-refractivity contribution in [1.29, 1.82) is 0 Å². The Bertz CT molecular complexity index is 316. The second-order valence-corrected chi connectivity index (χ2v) is 5.72. The summed E-state index contributed by atoms with van der Waals surface area (Å²) in [5.74, 6) is 1.35. The fourth-order valence-electron chi connectivity index (χ4n) is 1.96. The molecule has 0 spiro atoms. The number of hydrogen-bond acceptors (Lipinski definition) is 2. The topological polar surface area (TPSA) is 38.0 Å². The highest BCUT2D eigenvalue weighted by atomic mass is 14.8. The lowest BCUT2D eigenvalue weighted by Crippen LogP contribution is -2.20. The number of hydrogen-bond donors (Lipinski definition) is 2. The number of rotatable bonds is 8. The molecule has 0 fully saturated rings. The van der Waals surface area contributed by atoms with Crippen LogP contribution in [0.25, 0.3) is 0 Å². The van der Waals surface area contributed by atoms with Gasteiger partial charge in [-0.05, 0) is 48.9 Å². The Balaban J connectivity index is 2.26. The third kappa shape index (κ3) is 6.18. The maximum absolute atomic E-state index is 5.59. The molecule has 18 heavy (non-hydrogen) atoms. The quantitative estimate of drug-likeness (QED) is 0.694. The molecule has 0 aliphatic rings. The Morgan fingerprint density at radius 3 is 2.22 bits per heavy atom. The molecule has 102 valence electrons. The van der Waals surface area contributed by atoms with Crippen LogP contribution in [0, 0.1) is 11.8 Å². The molecule has 0 saturated carbocycles. The molecule has 2 nitrogen and oxygen atoms in total. The fourth-order valence-corrected chi connectivity index (χ4v) is 1.96. The monoisotopic (exact) mass is 248 g/mol. The van der Waals surface area contributed by atoms with E-state index >= 15 is 0 Å². The van der Waals surface area contributed by atoms with E-state index < -0.39 is 0 Å². The molecule has 0 aromatic heterocycles. The number of nitrogens with one attached hydrogen (secondary N) is 1. The van der Waals surface area contributed by atoms with Gasteiger partial charge < -0.3 is 11.1 Å². The average Bonchev–Trinajstić information content (AvgIpc) is 2.35. The molecular weight excluding hydrogens is 220 g/mol. The third-order valence-electron chi connectivity index (χ3n) is 3.21. The number of benzene rings is 1. The van der Waals surface area contributed by atoms with Crippen molar-refractivity contribution in [2.45, 2.75) is 40.2 Å². The molecule has 0 aliphatic carbocycles. The molecule has 1 atom stereocenters. The van der Waals surface area contributed by atoms with Gasteiger partial charge in [0.05, 0.1) is 0 Å². The lowest BCUT2D eigenvalue weighted by atomic mass is 10.0. The molecular formula is C16H28N2. The Morgan fingerprint density at radius 2 is 1.67 bits per heavy atom. The van der Waals surface area contributed by atoms with Gasteiger partial charge in [0.1, 0.15) is 0 Å². The van der Waals surface area contributed by atoms with Crippen LogP contribution in [0.5, 0.6) is 0 Å². The first-order chi connectivity index (χ1) is 8.61. The van der Waals surface area contributed by atoms with E-state index in [1.165, 1.54) is 17.5 Å². The van der Waals surface area contributed by atoms with E-state index in [0.717, 1.165) is 32.0 Å². The molecule has 0 heterocycles. The zero-order valence-corrected chi connectivity index (χ0v) is 12.1. The number of nitrogens with two attached hydrogens (primary N) is 1. The normalized spacial score (nSPS) is 12.9. The lowest BCUT2D eigenvalue weighted by Gasteiger charge is -2.10. The van der Waals surface area contributed by atoms with Gasteiger partial charge in [-0.3, -0.25) is 0 Å². The van der Waals surface area contributed by atoms with Crippen LogP contribution in [0.15, 0.2) is 24.3 Å². The summed E-state index contributed by atoms with van der Waals surface area (Å²) in [7, 11) is 0. The van der Waals surface area contributed by atoms with Gasteiger partial charge in [-0.1, -0.05) is 45.0 Å². The summed E-state index contributed by atoms with van der Waals surface area (Å²) in [5, 5.41) is 3.47. The van der Waals surface area contributed by atoms with E-state index in [4.69, 9.17) is 5.73 Å². The average molecular weight is 248 g/mol. The maximum Gasteiger partial charge on any atom is 0.0205 e. The van der Waals surface area contributed by atoms with E-state index in [1.54, 1.807) is 0 Å². The first-order valence-corrected chi connectivity index (χ1v) is 7.10. The molecule has 0 aliphatic heterocycles. The second kappa shape index (κ2) is 8.28. The minimum atomic E-state index is 0.617. The molecule has 1 aromatic rings. The van der Waals surface area contributed by atoms with Crippen molar-refractivity contribution in [3.63, 3.8) is 0 Å². The zero-order valence-electron chi connectivity index (χ0n) is 12.1. The fraction of sp³-hybridized carbons (Fsp3) is 0.625. The summed E-state index contributed by atoms with van der Waals surface area (Å²) >= 11 is 0. The summed E-state index contributed by atoms with van der Waals surface area (Å²) in [6.07, 6.45) is 2.32. The molecule has 1 unspecified atom stereocenters. The van der Waals surface area contributed by atoms with Crippen LogP contribution in [-0.4, -0.2) is 13.1 Å². The smallest absolute Gasteiger partial charge is 0.0205 e. The molecule has 0 amide bonds. The van der Waals surface area contributed by atoms with Crippen LogP contribution in [-0.2, 0) is 13.0 Å². The van der Waals surface area contributed by atoms with Gasteiger partial charge >= 0.3 is 0 Å².